The van der Waals surface area contributed by atoms with Gasteiger partial charge in [-0.3, -0.25) is 4.98 Å². The maximum absolute atomic E-state index is 11.1. The first-order valence-electron chi connectivity index (χ1n) is 6.25. The molecular weight excluding hydrogens is 254 g/mol. The molecule has 2 aromatic heterocycles. The van der Waals surface area contributed by atoms with Crippen molar-refractivity contribution in [3.8, 4) is 0 Å². The van der Waals surface area contributed by atoms with E-state index < -0.39 is 5.76 Å². The van der Waals surface area contributed by atoms with E-state index in [-0.39, 0.29) is 0 Å². The third-order valence-corrected chi connectivity index (χ3v) is 3.26. The summed E-state index contributed by atoms with van der Waals surface area (Å²) in [7, 11) is 0. The van der Waals surface area contributed by atoms with Gasteiger partial charge in [-0.15, -0.1) is 0 Å². The third-order valence-electron chi connectivity index (χ3n) is 3.26. The van der Waals surface area contributed by atoms with Crippen LogP contribution < -0.4 is 11.1 Å². The summed E-state index contributed by atoms with van der Waals surface area (Å²) in [6, 6.07) is 13.6. The van der Waals surface area contributed by atoms with Gasteiger partial charge in [-0.2, -0.15) is 0 Å². The van der Waals surface area contributed by atoms with Crippen molar-refractivity contribution in [2.24, 2.45) is 0 Å². The van der Waals surface area contributed by atoms with E-state index in [2.05, 4.69) is 21.4 Å². The molecule has 0 amide bonds. The number of anilines is 2. The molecule has 3 N–H and O–H groups in total. The maximum Gasteiger partial charge on any atom is 0.417 e. The Morgan fingerprint density at radius 2 is 1.75 bits per heavy atom. The highest BCUT2D eigenvalue weighted by Gasteiger charge is 2.03. The second-order valence-electron chi connectivity index (χ2n) is 4.63. The quantitative estimate of drug-likeness (QED) is 0.520. The van der Waals surface area contributed by atoms with Gasteiger partial charge in [0, 0.05) is 34.5 Å². The fourth-order valence-electron chi connectivity index (χ4n) is 2.32. The molecule has 0 radical (unpaired) electrons. The van der Waals surface area contributed by atoms with E-state index in [4.69, 9.17) is 4.42 Å². The second kappa shape index (κ2) is 4.03. The first-order chi connectivity index (χ1) is 9.78. The van der Waals surface area contributed by atoms with Crippen LogP contribution in [0.1, 0.15) is 0 Å². The summed E-state index contributed by atoms with van der Waals surface area (Å²) in [4.78, 5) is 16.9. The Morgan fingerprint density at radius 3 is 2.65 bits per heavy atom. The molecule has 98 valence electrons. The van der Waals surface area contributed by atoms with Crippen molar-refractivity contribution in [2.75, 3.05) is 5.32 Å². The Labute approximate surface area is 113 Å². The number of oxazole rings is 1. The van der Waals surface area contributed by atoms with Gasteiger partial charge in [-0.05, 0) is 36.4 Å². The molecule has 0 bridgehead atoms. The van der Waals surface area contributed by atoms with Crippen molar-refractivity contribution in [1.29, 1.82) is 0 Å². The zero-order chi connectivity index (χ0) is 13.5. The summed E-state index contributed by atoms with van der Waals surface area (Å²) in [5, 5.41) is 4.44. The lowest BCUT2D eigenvalue weighted by Crippen LogP contribution is -1.92. The standard InChI is InChI=1S/C15H11N3O2/c19-15-18-13-4-2-11(8-14(13)20-15)17-10-1-3-12-9(7-10)5-6-16-12/h1-8,16-17H,(H,18,19). The van der Waals surface area contributed by atoms with Gasteiger partial charge in [0.05, 0.1) is 5.52 Å². The van der Waals surface area contributed by atoms with E-state index >= 15 is 0 Å². The van der Waals surface area contributed by atoms with Gasteiger partial charge in [0.2, 0.25) is 0 Å². The highest BCUT2D eigenvalue weighted by molar-refractivity contribution is 5.85. The van der Waals surface area contributed by atoms with Crippen molar-refractivity contribution in [3.05, 3.63) is 59.2 Å². The summed E-state index contributed by atoms with van der Waals surface area (Å²) in [5.74, 6) is -0.439. The first-order valence-corrected chi connectivity index (χ1v) is 6.25. The molecule has 5 nitrogen and oxygen atoms in total. The number of benzene rings is 2. The summed E-state index contributed by atoms with van der Waals surface area (Å²) in [6.07, 6.45) is 1.91. The second-order valence-corrected chi connectivity index (χ2v) is 4.63. The molecule has 0 aliphatic carbocycles. The Bertz CT molecular complexity index is 962. The average Bonchev–Trinajstić information content (AvgIpc) is 3.02. The molecule has 2 aromatic carbocycles. The lowest BCUT2D eigenvalue weighted by Gasteiger charge is -2.06. The lowest BCUT2D eigenvalue weighted by atomic mass is 10.2. The summed E-state index contributed by atoms with van der Waals surface area (Å²) >= 11 is 0. The number of nitrogens with one attached hydrogen (secondary N) is 3. The van der Waals surface area contributed by atoms with E-state index in [9.17, 15) is 4.79 Å². The summed E-state index contributed by atoms with van der Waals surface area (Å²) < 4.78 is 5.05. The predicted molar refractivity (Wildman–Crippen MR) is 78.4 cm³/mol. The van der Waals surface area contributed by atoms with Crippen molar-refractivity contribution in [1.82, 2.24) is 9.97 Å². The number of hydrogen-bond donors (Lipinski definition) is 3. The number of H-pyrrole nitrogens is 2. The Hall–Kier alpha value is -2.95. The van der Waals surface area contributed by atoms with Gasteiger partial charge in [0.15, 0.2) is 5.58 Å². The van der Waals surface area contributed by atoms with Crippen LogP contribution in [0.5, 0.6) is 0 Å². The molecular formula is C15H11N3O2. The van der Waals surface area contributed by atoms with Crippen LogP contribution in [0.2, 0.25) is 0 Å². The molecule has 0 aliphatic rings. The van der Waals surface area contributed by atoms with Gasteiger partial charge in [0.25, 0.3) is 0 Å². The Balaban J connectivity index is 1.73. The van der Waals surface area contributed by atoms with Crippen LogP contribution in [0.15, 0.2) is 57.9 Å². The van der Waals surface area contributed by atoms with Crippen LogP contribution in [0.4, 0.5) is 11.4 Å². The predicted octanol–water partition coefficient (Wildman–Crippen LogP) is 3.35. The van der Waals surface area contributed by atoms with Crippen molar-refractivity contribution in [2.45, 2.75) is 0 Å². The molecule has 5 heteroatoms. The van der Waals surface area contributed by atoms with Crippen molar-refractivity contribution < 1.29 is 4.42 Å². The van der Waals surface area contributed by atoms with Gasteiger partial charge < -0.3 is 14.7 Å². The highest BCUT2D eigenvalue weighted by Crippen LogP contribution is 2.23. The minimum Gasteiger partial charge on any atom is -0.408 e. The molecule has 20 heavy (non-hydrogen) atoms. The normalized spacial score (nSPS) is 11.2. The Kier molecular flexibility index (Phi) is 2.20. The fourth-order valence-corrected chi connectivity index (χ4v) is 2.32. The Morgan fingerprint density at radius 1 is 0.950 bits per heavy atom. The van der Waals surface area contributed by atoms with Gasteiger partial charge in [-0.1, -0.05) is 0 Å². The smallest absolute Gasteiger partial charge is 0.408 e. The number of fused-ring (bicyclic) bond motifs is 2. The molecule has 0 saturated heterocycles. The largest absolute Gasteiger partial charge is 0.417 e. The number of rotatable bonds is 2. The van der Waals surface area contributed by atoms with Crippen LogP contribution >= 0.6 is 0 Å². The monoisotopic (exact) mass is 265 g/mol. The minimum atomic E-state index is -0.439. The van der Waals surface area contributed by atoms with E-state index in [0.29, 0.717) is 11.1 Å². The van der Waals surface area contributed by atoms with E-state index in [0.717, 1.165) is 22.3 Å². The molecule has 0 atom stereocenters. The van der Waals surface area contributed by atoms with Crippen LogP contribution in [-0.4, -0.2) is 9.97 Å². The highest BCUT2D eigenvalue weighted by atomic mass is 16.4. The SMILES string of the molecule is O=c1[nH]c2ccc(Nc3ccc4[nH]ccc4c3)cc2o1. The van der Waals surface area contributed by atoms with Crippen LogP contribution in [0.25, 0.3) is 22.0 Å². The number of aromatic nitrogens is 2. The number of hydrogen-bond acceptors (Lipinski definition) is 3. The molecule has 0 spiro atoms. The summed E-state index contributed by atoms with van der Waals surface area (Å²) in [5.41, 5.74) is 4.19. The van der Waals surface area contributed by atoms with Crippen LogP contribution in [-0.2, 0) is 0 Å². The zero-order valence-corrected chi connectivity index (χ0v) is 10.4. The van der Waals surface area contributed by atoms with E-state index in [1.807, 2.05) is 36.5 Å². The molecule has 0 unspecified atom stereocenters. The third kappa shape index (κ3) is 1.76. The lowest BCUT2D eigenvalue weighted by molar-refractivity contribution is 0.555. The molecule has 0 saturated carbocycles. The van der Waals surface area contributed by atoms with E-state index in [1.165, 1.54) is 0 Å². The minimum absolute atomic E-state index is 0.439. The molecule has 0 fully saturated rings. The molecule has 2 heterocycles. The molecule has 4 rings (SSSR count). The maximum atomic E-state index is 11.1. The average molecular weight is 265 g/mol. The van der Waals surface area contributed by atoms with Crippen LogP contribution in [0.3, 0.4) is 0 Å². The number of aromatic amines is 2. The van der Waals surface area contributed by atoms with Gasteiger partial charge >= 0.3 is 5.76 Å². The zero-order valence-electron chi connectivity index (χ0n) is 10.4. The molecule has 4 aromatic rings. The summed E-state index contributed by atoms with van der Waals surface area (Å²) in [6.45, 7) is 0. The fraction of sp³-hybridized carbons (Fsp3) is 0. The topological polar surface area (TPSA) is 73.8 Å². The first kappa shape index (κ1) is 10.9. The van der Waals surface area contributed by atoms with Crippen molar-refractivity contribution in [3.63, 3.8) is 0 Å². The molecule has 0 aliphatic heterocycles. The van der Waals surface area contributed by atoms with Gasteiger partial charge in [-0.25, -0.2) is 4.79 Å². The van der Waals surface area contributed by atoms with Gasteiger partial charge in [0.1, 0.15) is 0 Å². The van der Waals surface area contributed by atoms with Crippen LogP contribution in [0, 0.1) is 0 Å². The van der Waals surface area contributed by atoms with Crippen molar-refractivity contribution >= 4 is 33.4 Å². The van der Waals surface area contributed by atoms with E-state index in [1.54, 1.807) is 6.07 Å².